The summed E-state index contributed by atoms with van der Waals surface area (Å²) in [6, 6.07) is 0. The fourth-order valence-electron chi connectivity index (χ4n) is 1.95. The van der Waals surface area contributed by atoms with Gasteiger partial charge >= 0.3 is 0 Å². The zero-order chi connectivity index (χ0) is 11.3. The van der Waals surface area contributed by atoms with Crippen LogP contribution in [-0.2, 0) is 0 Å². The molecule has 0 aliphatic carbocycles. The molecule has 3 heteroatoms. The van der Waals surface area contributed by atoms with E-state index in [1.165, 1.54) is 19.3 Å². The highest BCUT2D eigenvalue weighted by Crippen LogP contribution is 2.19. The van der Waals surface area contributed by atoms with Crippen LogP contribution in [-0.4, -0.2) is 29.6 Å². The summed E-state index contributed by atoms with van der Waals surface area (Å²) >= 11 is 5.38. The van der Waals surface area contributed by atoms with Crippen molar-refractivity contribution in [3.63, 3.8) is 0 Å². The number of nitrogens with one attached hydrogen (secondary N) is 1. The van der Waals surface area contributed by atoms with Gasteiger partial charge in [-0.3, -0.25) is 0 Å². The fourth-order valence-corrected chi connectivity index (χ4v) is 2.21. The molecule has 0 atom stereocenters. The average molecular weight is 228 g/mol. The second kappa shape index (κ2) is 6.31. The summed E-state index contributed by atoms with van der Waals surface area (Å²) in [7, 11) is 0. The van der Waals surface area contributed by atoms with E-state index in [1.807, 2.05) is 0 Å². The quantitative estimate of drug-likeness (QED) is 0.748. The van der Waals surface area contributed by atoms with Crippen molar-refractivity contribution in [3.8, 4) is 0 Å². The van der Waals surface area contributed by atoms with Gasteiger partial charge in [0.1, 0.15) is 0 Å². The van der Waals surface area contributed by atoms with Gasteiger partial charge in [0.05, 0.1) is 0 Å². The summed E-state index contributed by atoms with van der Waals surface area (Å²) in [5.74, 6) is 1.59. The Hall–Kier alpha value is -0.310. The van der Waals surface area contributed by atoms with Crippen LogP contribution in [0.4, 0.5) is 0 Å². The Morgan fingerprint density at radius 1 is 1.40 bits per heavy atom. The summed E-state index contributed by atoms with van der Waals surface area (Å²) in [4.78, 5) is 2.32. The maximum atomic E-state index is 5.38. The summed E-state index contributed by atoms with van der Waals surface area (Å²) in [5, 5.41) is 4.30. The Morgan fingerprint density at radius 3 is 2.47 bits per heavy atom. The molecule has 1 fully saturated rings. The smallest absolute Gasteiger partial charge is 0.168 e. The zero-order valence-corrected chi connectivity index (χ0v) is 11.1. The molecule has 2 nitrogen and oxygen atoms in total. The number of thiocarbonyl (C=S) groups is 1. The molecule has 15 heavy (non-hydrogen) atoms. The highest BCUT2D eigenvalue weighted by Gasteiger charge is 2.19. The van der Waals surface area contributed by atoms with E-state index in [1.54, 1.807) is 0 Å². The zero-order valence-electron chi connectivity index (χ0n) is 10.3. The second-order valence-corrected chi connectivity index (χ2v) is 5.31. The third-order valence-corrected chi connectivity index (χ3v) is 3.54. The van der Waals surface area contributed by atoms with Crippen molar-refractivity contribution in [2.75, 3.05) is 19.6 Å². The molecule has 0 aromatic carbocycles. The first-order chi connectivity index (χ1) is 7.13. The number of likely N-dealkylation sites (tertiary alicyclic amines) is 1. The van der Waals surface area contributed by atoms with Crippen LogP contribution in [0.25, 0.3) is 0 Å². The molecule has 1 saturated heterocycles. The molecule has 0 bridgehead atoms. The largest absolute Gasteiger partial charge is 0.362 e. The first-order valence-electron chi connectivity index (χ1n) is 6.16. The normalized spacial score (nSPS) is 18.3. The van der Waals surface area contributed by atoms with Crippen LogP contribution in [0.3, 0.4) is 0 Å². The Bertz CT molecular complexity index is 196. The van der Waals surface area contributed by atoms with E-state index in [0.29, 0.717) is 5.92 Å². The fraction of sp³-hybridized carbons (Fsp3) is 0.917. The minimum atomic E-state index is 0.663. The van der Waals surface area contributed by atoms with Gasteiger partial charge in [-0.25, -0.2) is 0 Å². The van der Waals surface area contributed by atoms with E-state index in [-0.39, 0.29) is 0 Å². The molecular formula is C12H24N2S. The third-order valence-electron chi connectivity index (χ3n) is 3.14. The van der Waals surface area contributed by atoms with Crippen molar-refractivity contribution in [3.05, 3.63) is 0 Å². The molecule has 0 radical (unpaired) electrons. The average Bonchev–Trinajstić information content (AvgIpc) is 2.26. The highest BCUT2D eigenvalue weighted by atomic mass is 32.1. The molecule has 1 rings (SSSR count). The molecule has 0 aromatic heterocycles. The van der Waals surface area contributed by atoms with Crippen molar-refractivity contribution in [1.82, 2.24) is 10.2 Å². The summed E-state index contributed by atoms with van der Waals surface area (Å²) in [5.41, 5.74) is 0. The minimum absolute atomic E-state index is 0.663. The molecule has 0 amide bonds. The van der Waals surface area contributed by atoms with Crippen LogP contribution in [0.5, 0.6) is 0 Å². The van der Waals surface area contributed by atoms with Crippen molar-refractivity contribution in [1.29, 1.82) is 0 Å². The predicted molar refractivity (Wildman–Crippen MR) is 70.0 cm³/mol. The molecule has 1 aliphatic heterocycles. The Morgan fingerprint density at radius 2 is 2.00 bits per heavy atom. The van der Waals surface area contributed by atoms with Crippen LogP contribution in [0, 0.1) is 11.8 Å². The van der Waals surface area contributed by atoms with Crippen LogP contribution >= 0.6 is 12.2 Å². The first-order valence-corrected chi connectivity index (χ1v) is 6.57. The topological polar surface area (TPSA) is 15.3 Å². The second-order valence-electron chi connectivity index (χ2n) is 4.92. The molecule has 0 unspecified atom stereocenters. The number of hydrogen-bond donors (Lipinski definition) is 1. The van der Waals surface area contributed by atoms with E-state index in [0.717, 1.165) is 30.7 Å². The van der Waals surface area contributed by atoms with Crippen molar-refractivity contribution in [2.24, 2.45) is 11.8 Å². The number of hydrogen-bond acceptors (Lipinski definition) is 1. The molecule has 0 saturated carbocycles. The van der Waals surface area contributed by atoms with Crippen LogP contribution in [0.15, 0.2) is 0 Å². The molecule has 1 aliphatic rings. The summed E-state index contributed by atoms with van der Waals surface area (Å²) in [6.45, 7) is 9.98. The van der Waals surface area contributed by atoms with Crippen LogP contribution in [0.1, 0.15) is 40.0 Å². The lowest BCUT2D eigenvalue weighted by Crippen LogP contribution is -2.45. The van der Waals surface area contributed by atoms with Crippen molar-refractivity contribution < 1.29 is 0 Å². The Labute approximate surface area is 99.4 Å². The van der Waals surface area contributed by atoms with Gasteiger partial charge < -0.3 is 10.2 Å². The number of piperidine rings is 1. The predicted octanol–water partition coefficient (Wildman–Crippen LogP) is 2.64. The monoisotopic (exact) mass is 228 g/mol. The van der Waals surface area contributed by atoms with Crippen molar-refractivity contribution in [2.45, 2.75) is 40.0 Å². The first kappa shape index (κ1) is 12.8. The van der Waals surface area contributed by atoms with E-state index < -0.39 is 0 Å². The third kappa shape index (κ3) is 4.37. The SMILES string of the molecule is CCC1CCN(C(=S)NCC(C)C)CC1. The van der Waals surface area contributed by atoms with Gasteiger partial charge in [0, 0.05) is 19.6 Å². The number of rotatable bonds is 3. The summed E-state index contributed by atoms with van der Waals surface area (Å²) < 4.78 is 0. The number of nitrogens with zero attached hydrogens (tertiary/aromatic N) is 1. The van der Waals surface area contributed by atoms with E-state index in [4.69, 9.17) is 12.2 Å². The van der Waals surface area contributed by atoms with Gasteiger partial charge in [0.2, 0.25) is 0 Å². The maximum Gasteiger partial charge on any atom is 0.168 e. The molecule has 88 valence electrons. The van der Waals surface area contributed by atoms with Crippen LogP contribution in [0.2, 0.25) is 0 Å². The lowest BCUT2D eigenvalue weighted by molar-refractivity contribution is 0.259. The van der Waals surface area contributed by atoms with Gasteiger partial charge in [-0.1, -0.05) is 27.2 Å². The van der Waals surface area contributed by atoms with E-state index in [2.05, 4.69) is 31.0 Å². The lowest BCUT2D eigenvalue weighted by atomic mass is 9.95. The molecular weight excluding hydrogens is 204 g/mol. The van der Waals surface area contributed by atoms with Crippen molar-refractivity contribution >= 4 is 17.3 Å². The van der Waals surface area contributed by atoms with Gasteiger partial charge in [-0.15, -0.1) is 0 Å². The maximum absolute atomic E-state index is 5.38. The Kier molecular flexibility index (Phi) is 5.37. The van der Waals surface area contributed by atoms with Gasteiger partial charge in [-0.2, -0.15) is 0 Å². The minimum Gasteiger partial charge on any atom is -0.362 e. The molecule has 1 heterocycles. The lowest BCUT2D eigenvalue weighted by Gasteiger charge is -2.33. The molecule has 0 aromatic rings. The van der Waals surface area contributed by atoms with Gasteiger partial charge in [0.25, 0.3) is 0 Å². The summed E-state index contributed by atoms with van der Waals surface area (Å²) in [6.07, 6.45) is 3.93. The van der Waals surface area contributed by atoms with E-state index in [9.17, 15) is 0 Å². The Balaban J connectivity index is 2.24. The van der Waals surface area contributed by atoms with E-state index >= 15 is 0 Å². The standard InChI is InChI=1S/C12H24N2S/c1-4-11-5-7-14(8-6-11)12(15)13-9-10(2)3/h10-11H,4-9H2,1-3H3,(H,13,15). The van der Waals surface area contributed by atoms with Gasteiger partial charge in [0.15, 0.2) is 5.11 Å². The highest BCUT2D eigenvalue weighted by molar-refractivity contribution is 7.80. The molecule has 1 N–H and O–H groups in total. The van der Waals surface area contributed by atoms with Gasteiger partial charge in [-0.05, 0) is 36.9 Å². The molecule has 0 spiro atoms. The van der Waals surface area contributed by atoms with Crippen LogP contribution < -0.4 is 5.32 Å².